The van der Waals surface area contributed by atoms with Crippen molar-refractivity contribution in [1.29, 1.82) is 0 Å². The molecule has 3 aromatic rings. The molecule has 3 aromatic heterocycles. The van der Waals surface area contributed by atoms with E-state index in [9.17, 15) is 9.90 Å². The van der Waals surface area contributed by atoms with Gasteiger partial charge in [-0.15, -0.1) is 5.10 Å². The number of nitrogens with zero attached hydrogens (tertiary/aromatic N) is 5. The minimum Gasteiger partial charge on any atom is -0.495 e. The van der Waals surface area contributed by atoms with Gasteiger partial charge in [-0.25, -0.2) is 9.78 Å². The Balaban J connectivity index is 1.49. The molecule has 1 fully saturated rings. The van der Waals surface area contributed by atoms with Gasteiger partial charge in [-0.3, -0.25) is 4.98 Å². The van der Waals surface area contributed by atoms with Crippen molar-refractivity contribution in [2.24, 2.45) is 5.92 Å². The largest absolute Gasteiger partial charge is 0.495 e. The first-order valence-corrected chi connectivity index (χ1v) is 8.67. The van der Waals surface area contributed by atoms with Crippen LogP contribution in [0.15, 0.2) is 24.5 Å². The summed E-state index contributed by atoms with van der Waals surface area (Å²) in [5.41, 5.74) is 1.32. The minimum atomic E-state index is -1.19. The maximum Gasteiger partial charge on any atom is 0.358 e. The number of methoxy groups -OCH3 is 1. The molecule has 1 aliphatic rings. The smallest absolute Gasteiger partial charge is 0.358 e. The number of carboxylic acid groups (broad SMARTS) is 1. The van der Waals surface area contributed by atoms with Crippen molar-refractivity contribution in [3.8, 4) is 22.9 Å². The van der Waals surface area contributed by atoms with Crippen LogP contribution >= 0.6 is 0 Å². The van der Waals surface area contributed by atoms with Crippen molar-refractivity contribution in [3.05, 3.63) is 41.7 Å². The molecule has 0 aliphatic heterocycles. The van der Waals surface area contributed by atoms with Gasteiger partial charge in [-0.2, -0.15) is 15.3 Å². The van der Waals surface area contributed by atoms with Gasteiger partial charge in [0, 0.05) is 23.7 Å². The van der Waals surface area contributed by atoms with Crippen molar-refractivity contribution in [2.75, 3.05) is 13.7 Å². The van der Waals surface area contributed by atoms with Crippen LogP contribution in [0.2, 0.25) is 0 Å². The van der Waals surface area contributed by atoms with Crippen molar-refractivity contribution in [2.45, 2.75) is 19.3 Å². The molecule has 1 aliphatic carbocycles. The Kier molecular flexibility index (Phi) is 4.60. The summed E-state index contributed by atoms with van der Waals surface area (Å²) >= 11 is 0. The number of carbonyl (C=O) groups is 1. The zero-order valence-corrected chi connectivity index (χ0v) is 15.3. The molecule has 144 valence electrons. The molecule has 28 heavy (non-hydrogen) atoms. The van der Waals surface area contributed by atoms with E-state index in [2.05, 4.69) is 30.4 Å². The summed E-state index contributed by atoms with van der Waals surface area (Å²) in [6.07, 6.45) is 4.16. The second kappa shape index (κ2) is 7.22. The number of aromatic nitrogens is 6. The zero-order valence-electron chi connectivity index (χ0n) is 15.3. The van der Waals surface area contributed by atoms with Crippen LogP contribution in [0.25, 0.3) is 11.3 Å². The summed E-state index contributed by atoms with van der Waals surface area (Å²) in [5, 5.41) is 19.2. The Morgan fingerprint density at radius 2 is 2.14 bits per heavy atom. The van der Waals surface area contributed by atoms with Crippen LogP contribution < -0.4 is 9.47 Å². The van der Waals surface area contributed by atoms with Gasteiger partial charge < -0.3 is 14.6 Å². The molecular formula is C18H18N6O4. The number of carboxylic acids is 1. The van der Waals surface area contributed by atoms with E-state index < -0.39 is 5.97 Å². The van der Waals surface area contributed by atoms with E-state index in [1.807, 2.05) is 12.1 Å². The maximum absolute atomic E-state index is 11.3. The molecule has 10 nitrogen and oxygen atoms in total. The molecule has 2 N–H and O–H groups in total. The Hall–Kier alpha value is -3.56. The lowest BCUT2D eigenvalue weighted by Crippen LogP contribution is -2.07. The fourth-order valence-corrected chi connectivity index (χ4v) is 3.00. The van der Waals surface area contributed by atoms with E-state index in [-0.39, 0.29) is 17.3 Å². The molecule has 0 saturated heterocycles. The normalized spacial score (nSPS) is 17.9. The highest BCUT2D eigenvalue weighted by Gasteiger charge is 2.40. The fourth-order valence-electron chi connectivity index (χ4n) is 3.00. The Morgan fingerprint density at radius 3 is 2.86 bits per heavy atom. The summed E-state index contributed by atoms with van der Waals surface area (Å²) in [4.78, 5) is 24.2. The van der Waals surface area contributed by atoms with Gasteiger partial charge in [0.25, 0.3) is 0 Å². The number of aromatic amines is 1. The number of aromatic carboxylic acids is 1. The third-order valence-electron chi connectivity index (χ3n) is 4.61. The maximum atomic E-state index is 11.3. The number of pyridine rings is 1. The second-order valence-corrected chi connectivity index (χ2v) is 6.50. The summed E-state index contributed by atoms with van der Waals surface area (Å²) < 4.78 is 11.0. The molecule has 1 saturated carbocycles. The Morgan fingerprint density at radius 1 is 1.29 bits per heavy atom. The number of hydrogen-bond acceptors (Lipinski definition) is 8. The molecule has 10 heteroatoms. The quantitative estimate of drug-likeness (QED) is 0.627. The topological polar surface area (TPSA) is 136 Å². The van der Waals surface area contributed by atoms with Crippen LogP contribution in [0.3, 0.4) is 0 Å². The van der Waals surface area contributed by atoms with Crippen LogP contribution in [0.1, 0.15) is 34.3 Å². The minimum absolute atomic E-state index is 0.145. The predicted octanol–water partition coefficient (Wildman–Crippen LogP) is 1.85. The van der Waals surface area contributed by atoms with Gasteiger partial charge in [-0.05, 0) is 25.5 Å². The first kappa shape index (κ1) is 17.8. The number of rotatable bonds is 7. The molecule has 0 aromatic carbocycles. The average Bonchev–Trinajstić information content (AvgIpc) is 3.31. The molecule has 4 rings (SSSR count). The lowest BCUT2D eigenvalue weighted by molar-refractivity contribution is 0.0691. The van der Waals surface area contributed by atoms with Gasteiger partial charge in [0.2, 0.25) is 5.88 Å². The monoisotopic (exact) mass is 382 g/mol. The highest BCUT2D eigenvalue weighted by molar-refractivity contribution is 5.93. The average molecular weight is 382 g/mol. The number of H-pyrrole nitrogens is 1. The summed E-state index contributed by atoms with van der Waals surface area (Å²) in [5.74, 6) is 0.961. The van der Waals surface area contributed by atoms with Crippen molar-refractivity contribution in [1.82, 2.24) is 30.4 Å². The van der Waals surface area contributed by atoms with Crippen LogP contribution in [0, 0.1) is 12.8 Å². The van der Waals surface area contributed by atoms with Gasteiger partial charge in [0.15, 0.2) is 5.69 Å². The third-order valence-corrected chi connectivity index (χ3v) is 4.61. The highest BCUT2D eigenvalue weighted by atomic mass is 16.5. The SMILES string of the molecule is COc1ccc([C@H]2C[C@@H]2COc2nc(C)ncc2-c2n[nH]nc2C(=O)O)nc1. The van der Waals surface area contributed by atoms with Crippen LogP contribution in [-0.2, 0) is 0 Å². The van der Waals surface area contributed by atoms with Gasteiger partial charge in [0.05, 0.1) is 25.5 Å². The number of hydrogen-bond donors (Lipinski definition) is 2. The molecule has 0 unspecified atom stereocenters. The molecular weight excluding hydrogens is 364 g/mol. The van der Waals surface area contributed by atoms with Crippen molar-refractivity contribution in [3.63, 3.8) is 0 Å². The van der Waals surface area contributed by atoms with Crippen LogP contribution in [-0.4, -0.2) is 55.2 Å². The zero-order chi connectivity index (χ0) is 19.7. The van der Waals surface area contributed by atoms with Gasteiger partial charge in [0.1, 0.15) is 17.3 Å². The van der Waals surface area contributed by atoms with E-state index in [0.29, 0.717) is 29.8 Å². The van der Waals surface area contributed by atoms with Crippen molar-refractivity contribution < 1.29 is 19.4 Å². The number of ether oxygens (including phenoxy) is 2. The molecule has 0 radical (unpaired) electrons. The molecule has 3 heterocycles. The van der Waals surface area contributed by atoms with E-state index in [4.69, 9.17) is 9.47 Å². The number of nitrogens with one attached hydrogen (secondary N) is 1. The summed E-state index contributed by atoms with van der Waals surface area (Å²) in [7, 11) is 1.61. The highest BCUT2D eigenvalue weighted by Crippen LogP contribution is 2.47. The molecule has 0 bridgehead atoms. The summed E-state index contributed by atoms with van der Waals surface area (Å²) in [6.45, 7) is 2.17. The first-order valence-electron chi connectivity index (χ1n) is 8.67. The van der Waals surface area contributed by atoms with Gasteiger partial charge >= 0.3 is 5.97 Å². The van der Waals surface area contributed by atoms with E-state index >= 15 is 0 Å². The predicted molar refractivity (Wildman–Crippen MR) is 96.2 cm³/mol. The van der Waals surface area contributed by atoms with E-state index in [1.54, 1.807) is 20.2 Å². The Labute approximate surface area is 160 Å². The molecule has 0 spiro atoms. The summed E-state index contributed by atoms with van der Waals surface area (Å²) in [6, 6.07) is 3.85. The fraction of sp³-hybridized carbons (Fsp3) is 0.333. The lowest BCUT2D eigenvalue weighted by Gasteiger charge is -2.09. The van der Waals surface area contributed by atoms with E-state index in [1.165, 1.54) is 6.20 Å². The van der Waals surface area contributed by atoms with Crippen LogP contribution in [0.4, 0.5) is 0 Å². The third kappa shape index (κ3) is 3.48. The van der Waals surface area contributed by atoms with Gasteiger partial charge in [-0.1, -0.05) is 0 Å². The van der Waals surface area contributed by atoms with Crippen molar-refractivity contribution >= 4 is 5.97 Å². The lowest BCUT2D eigenvalue weighted by atomic mass is 10.2. The molecule has 0 amide bonds. The standard InChI is InChI=1S/C18H18N6O4/c1-9-19-7-13(15-16(18(25)26)23-24-22-15)17(21-9)28-8-10-5-12(10)14-4-3-11(27-2)6-20-14/h3-4,6-7,10,12H,5,8H2,1-2H3,(H,25,26)(H,22,23,24)/t10-,12+/m1/s1. The second-order valence-electron chi connectivity index (χ2n) is 6.50. The first-order chi connectivity index (χ1) is 13.6. The Bertz CT molecular complexity index is 1000. The van der Waals surface area contributed by atoms with Crippen LogP contribution in [0.5, 0.6) is 11.6 Å². The van der Waals surface area contributed by atoms with E-state index in [0.717, 1.165) is 17.9 Å². The number of aryl methyl sites for hydroxylation is 1. The molecule has 2 atom stereocenters.